The van der Waals surface area contributed by atoms with Gasteiger partial charge in [-0.15, -0.1) is 0 Å². The molecule has 0 saturated carbocycles. The minimum atomic E-state index is 1.16. The van der Waals surface area contributed by atoms with E-state index in [-0.39, 0.29) is 0 Å². The summed E-state index contributed by atoms with van der Waals surface area (Å²) in [7, 11) is 4.26. The number of hydrogen-bond acceptors (Lipinski definition) is 3. The van der Waals surface area contributed by atoms with Crippen LogP contribution in [0.5, 0.6) is 0 Å². The summed E-state index contributed by atoms with van der Waals surface area (Å²) in [5.74, 6) is 0. The van der Waals surface area contributed by atoms with E-state index in [1.54, 1.807) is 0 Å². The monoisotopic (exact) mass is 199 g/mol. The number of hydrogen-bond donors (Lipinski definition) is 1. The van der Waals surface area contributed by atoms with Crippen LogP contribution >= 0.6 is 0 Å². The van der Waals surface area contributed by atoms with E-state index in [1.165, 1.54) is 52.0 Å². The van der Waals surface area contributed by atoms with E-state index in [4.69, 9.17) is 0 Å². The standard InChI is InChI=1S/C11H25N3/c1-12-6-3-4-8-14-9-5-7-13(2)10-11-14/h12H,3-11H2,1-2H3. The Kier molecular flexibility index (Phi) is 6.15. The Morgan fingerprint density at radius 1 is 1.07 bits per heavy atom. The Morgan fingerprint density at radius 3 is 2.71 bits per heavy atom. The van der Waals surface area contributed by atoms with Crippen LogP contribution in [0.3, 0.4) is 0 Å². The summed E-state index contributed by atoms with van der Waals surface area (Å²) < 4.78 is 0. The zero-order valence-corrected chi connectivity index (χ0v) is 9.76. The lowest BCUT2D eigenvalue weighted by Gasteiger charge is -2.19. The van der Waals surface area contributed by atoms with Crippen LogP contribution in [0.15, 0.2) is 0 Å². The molecule has 0 aromatic rings. The third kappa shape index (κ3) is 4.94. The van der Waals surface area contributed by atoms with Gasteiger partial charge >= 0.3 is 0 Å². The van der Waals surface area contributed by atoms with Crippen molar-refractivity contribution < 1.29 is 0 Å². The summed E-state index contributed by atoms with van der Waals surface area (Å²) in [6.45, 7) is 7.52. The maximum Gasteiger partial charge on any atom is 0.0109 e. The lowest BCUT2D eigenvalue weighted by molar-refractivity contribution is 0.271. The van der Waals surface area contributed by atoms with Crippen molar-refractivity contribution >= 4 is 0 Å². The van der Waals surface area contributed by atoms with Gasteiger partial charge in [-0.3, -0.25) is 0 Å². The Hall–Kier alpha value is -0.120. The van der Waals surface area contributed by atoms with Crippen molar-refractivity contribution in [2.45, 2.75) is 19.3 Å². The van der Waals surface area contributed by atoms with Gasteiger partial charge in [-0.1, -0.05) is 0 Å². The van der Waals surface area contributed by atoms with Gasteiger partial charge in [0.1, 0.15) is 0 Å². The molecule has 1 N–H and O–H groups in total. The van der Waals surface area contributed by atoms with Gasteiger partial charge in [-0.05, 0) is 59.5 Å². The molecule has 0 aromatic heterocycles. The molecule has 1 aliphatic heterocycles. The van der Waals surface area contributed by atoms with Crippen LogP contribution in [0, 0.1) is 0 Å². The molecule has 0 unspecified atom stereocenters. The Balaban J connectivity index is 2.05. The molecular weight excluding hydrogens is 174 g/mol. The zero-order valence-electron chi connectivity index (χ0n) is 9.76. The number of unbranched alkanes of at least 4 members (excludes halogenated alkanes) is 1. The summed E-state index contributed by atoms with van der Waals surface area (Å²) in [6.07, 6.45) is 3.98. The maximum atomic E-state index is 3.20. The van der Waals surface area contributed by atoms with Crippen LogP contribution in [-0.4, -0.2) is 63.2 Å². The van der Waals surface area contributed by atoms with E-state index in [9.17, 15) is 0 Å². The number of nitrogens with zero attached hydrogens (tertiary/aromatic N) is 2. The van der Waals surface area contributed by atoms with Crippen molar-refractivity contribution in [3.8, 4) is 0 Å². The fourth-order valence-corrected chi connectivity index (χ4v) is 1.96. The molecule has 1 fully saturated rings. The van der Waals surface area contributed by atoms with Crippen molar-refractivity contribution in [1.29, 1.82) is 0 Å². The highest BCUT2D eigenvalue weighted by atomic mass is 15.2. The van der Waals surface area contributed by atoms with E-state index in [0.717, 1.165) is 6.54 Å². The SMILES string of the molecule is CNCCCCN1CCCN(C)CC1. The molecule has 14 heavy (non-hydrogen) atoms. The normalized spacial score (nSPS) is 21.0. The van der Waals surface area contributed by atoms with Crippen LogP contribution in [0.4, 0.5) is 0 Å². The smallest absolute Gasteiger partial charge is 0.0109 e. The Labute approximate surface area is 88.5 Å². The lowest BCUT2D eigenvalue weighted by Crippen LogP contribution is -2.30. The van der Waals surface area contributed by atoms with Crippen LogP contribution < -0.4 is 5.32 Å². The first kappa shape index (κ1) is 12.0. The quantitative estimate of drug-likeness (QED) is 0.655. The molecule has 1 aliphatic rings. The molecule has 0 aromatic carbocycles. The third-order valence-corrected chi connectivity index (χ3v) is 2.96. The van der Waals surface area contributed by atoms with Gasteiger partial charge in [0.15, 0.2) is 0 Å². The minimum Gasteiger partial charge on any atom is -0.320 e. The fourth-order valence-electron chi connectivity index (χ4n) is 1.96. The van der Waals surface area contributed by atoms with Gasteiger partial charge in [-0.2, -0.15) is 0 Å². The molecule has 3 nitrogen and oxygen atoms in total. The summed E-state index contributed by atoms with van der Waals surface area (Å²) in [5.41, 5.74) is 0. The lowest BCUT2D eigenvalue weighted by atomic mass is 10.3. The maximum absolute atomic E-state index is 3.20. The molecule has 84 valence electrons. The first-order chi connectivity index (χ1) is 6.83. The largest absolute Gasteiger partial charge is 0.320 e. The van der Waals surface area contributed by atoms with Crippen molar-refractivity contribution in [2.24, 2.45) is 0 Å². The van der Waals surface area contributed by atoms with Gasteiger partial charge < -0.3 is 15.1 Å². The van der Waals surface area contributed by atoms with Crippen LogP contribution in [0.2, 0.25) is 0 Å². The molecule has 0 radical (unpaired) electrons. The summed E-state index contributed by atoms with van der Waals surface area (Å²) in [6, 6.07) is 0. The van der Waals surface area contributed by atoms with E-state index in [2.05, 4.69) is 22.2 Å². The first-order valence-corrected chi connectivity index (χ1v) is 5.88. The summed E-state index contributed by atoms with van der Waals surface area (Å²) in [5, 5.41) is 3.20. The van der Waals surface area contributed by atoms with Crippen molar-refractivity contribution in [2.75, 3.05) is 53.4 Å². The van der Waals surface area contributed by atoms with E-state index >= 15 is 0 Å². The highest BCUT2D eigenvalue weighted by Gasteiger charge is 2.10. The second-order valence-corrected chi connectivity index (χ2v) is 4.31. The van der Waals surface area contributed by atoms with Crippen LogP contribution in [-0.2, 0) is 0 Å². The zero-order chi connectivity index (χ0) is 10.2. The predicted octanol–water partition coefficient (Wildman–Crippen LogP) is 0.624. The number of rotatable bonds is 5. The highest BCUT2D eigenvalue weighted by Crippen LogP contribution is 2.02. The predicted molar refractivity (Wildman–Crippen MR) is 61.7 cm³/mol. The molecule has 0 amide bonds. The topological polar surface area (TPSA) is 18.5 Å². The molecule has 0 bridgehead atoms. The second kappa shape index (κ2) is 7.21. The van der Waals surface area contributed by atoms with Crippen LogP contribution in [0.1, 0.15) is 19.3 Å². The third-order valence-electron chi connectivity index (χ3n) is 2.96. The summed E-state index contributed by atoms with van der Waals surface area (Å²) in [4.78, 5) is 5.05. The molecule has 1 saturated heterocycles. The van der Waals surface area contributed by atoms with Gasteiger partial charge in [0.25, 0.3) is 0 Å². The molecule has 0 aliphatic carbocycles. The number of nitrogens with one attached hydrogen (secondary N) is 1. The average molecular weight is 199 g/mol. The average Bonchev–Trinajstić information content (AvgIpc) is 2.38. The van der Waals surface area contributed by atoms with Gasteiger partial charge in [0.2, 0.25) is 0 Å². The van der Waals surface area contributed by atoms with Crippen molar-refractivity contribution in [3.63, 3.8) is 0 Å². The van der Waals surface area contributed by atoms with E-state index < -0.39 is 0 Å². The molecule has 0 spiro atoms. The Bertz CT molecular complexity index is 138. The van der Waals surface area contributed by atoms with Gasteiger partial charge in [0, 0.05) is 13.1 Å². The molecule has 1 heterocycles. The van der Waals surface area contributed by atoms with Crippen molar-refractivity contribution in [3.05, 3.63) is 0 Å². The Morgan fingerprint density at radius 2 is 1.93 bits per heavy atom. The first-order valence-electron chi connectivity index (χ1n) is 5.88. The molecule has 1 rings (SSSR count). The molecule has 3 heteroatoms. The molecular formula is C11H25N3. The van der Waals surface area contributed by atoms with Gasteiger partial charge in [-0.25, -0.2) is 0 Å². The van der Waals surface area contributed by atoms with E-state index in [1.807, 2.05) is 7.05 Å². The van der Waals surface area contributed by atoms with E-state index in [0.29, 0.717) is 0 Å². The summed E-state index contributed by atoms with van der Waals surface area (Å²) >= 11 is 0. The minimum absolute atomic E-state index is 1.16. The molecule has 0 atom stereocenters. The second-order valence-electron chi connectivity index (χ2n) is 4.31. The highest BCUT2D eigenvalue weighted by molar-refractivity contribution is 4.67. The fraction of sp³-hybridized carbons (Fsp3) is 1.00. The number of likely N-dealkylation sites (N-methyl/N-ethyl adjacent to an activating group) is 1. The van der Waals surface area contributed by atoms with Gasteiger partial charge in [0.05, 0.1) is 0 Å². The van der Waals surface area contributed by atoms with Crippen molar-refractivity contribution in [1.82, 2.24) is 15.1 Å². The van der Waals surface area contributed by atoms with Crippen LogP contribution in [0.25, 0.3) is 0 Å².